The summed E-state index contributed by atoms with van der Waals surface area (Å²) in [5.74, 6) is 0. The number of nitrogens with one attached hydrogen (secondary N) is 2. The Morgan fingerprint density at radius 3 is 1.48 bits per heavy atom. The third-order valence-corrected chi connectivity index (χ3v) is 8.93. The lowest BCUT2D eigenvalue weighted by Crippen LogP contribution is -2.29. The lowest BCUT2D eigenvalue weighted by molar-refractivity contribution is 0.574. The Hall–Kier alpha value is -0.200. The molecule has 0 aliphatic rings. The number of hydrogen-bond acceptors (Lipinski definition) is 6. The molecule has 0 aliphatic heterocycles. The molecule has 128 valence electrons. The molecule has 23 heavy (non-hydrogen) atoms. The summed E-state index contributed by atoms with van der Waals surface area (Å²) in [6.07, 6.45) is 0.302. The zero-order chi connectivity index (χ0) is 17.1. The summed E-state index contributed by atoms with van der Waals surface area (Å²) in [6, 6.07) is 5.83. The Morgan fingerprint density at radius 1 is 0.783 bits per heavy atom. The molecular weight excluding hydrogens is 423 g/mol. The molecule has 0 radical (unpaired) electrons. The predicted molar refractivity (Wildman–Crippen MR) is 93.7 cm³/mol. The Morgan fingerprint density at radius 2 is 1.17 bits per heavy atom. The third-order valence-electron chi connectivity index (χ3n) is 2.56. The van der Waals surface area contributed by atoms with E-state index in [0.29, 0.717) is 15.1 Å². The molecule has 0 unspecified atom stereocenters. The zero-order valence-corrected chi connectivity index (χ0v) is 16.2. The van der Waals surface area contributed by atoms with E-state index in [1.54, 1.807) is 0 Å². The van der Waals surface area contributed by atoms with Gasteiger partial charge >= 0.3 is 0 Å². The highest BCUT2D eigenvalue weighted by Crippen LogP contribution is 2.26. The highest BCUT2D eigenvalue weighted by Gasteiger charge is 2.17. The summed E-state index contributed by atoms with van der Waals surface area (Å²) in [5.41, 5.74) is 0. The van der Waals surface area contributed by atoms with Gasteiger partial charge in [-0.1, -0.05) is 23.2 Å². The fraction of sp³-hybridized carbons (Fsp3) is 0.273. The molecule has 2 rings (SSSR count). The summed E-state index contributed by atoms with van der Waals surface area (Å²) < 4.78 is 53.5. The first kappa shape index (κ1) is 19.1. The van der Waals surface area contributed by atoms with Crippen LogP contribution in [0, 0.1) is 0 Å². The Bertz CT molecular complexity index is 801. The second-order valence-electron chi connectivity index (χ2n) is 4.27. The van der Waals surface area contributed by atoms with Crippen molar-refractivity contribution >= 4 is 65.9 Å². The number of halogens is 2. The Balaban J connectivity index is 1.80. The van der Waals surface area contributed by atoms with Gasteiger partial charge in [-0.15, -0.1) is 22.7 Å². The van der Waals surface area contributed by atoms with Crippen molar-refractivity contribution in [3.63, 3.8) is 0 Å². The van der Waals surface area contributed by atoms with Gasteiger partial charge in [0.1, 0.15) is 8.42 Å². The van der Waals surface area contributed by atoms with Crippen LogP contribution < -0.4 is 9.44 Å². The lowest BCUT2D eigenvalue weighted by atomic mass is 10.4. The van der Waals surface area contributed by atoms with Crippen LogP contribution in [-0.4, -0.2) is 29.9 Å². The van der Waals surface area contributed by atoms with Gasteiger partial charge in [-0.2, -0.15) is 0 Å². The van der Waals surface area contributed by atoms with Gasteiger partial charge < -0.3 is 0 Å². The van der Waals surface area contributed by atoms with E-state index in [1.807, 2.05) is 0 Å². The number of thiophene rings is 2. The van der Waals surface area contributed by atoms with E-state index >= 15 is 0 Å². The maximum absolute atomic E-state index is 11.9. The van der Waals surface area contributed by atoms with Crippen molar-refractivity contribution in [3.8, 4) is 0 Å². The van der Waals surface area contributed by atoms with Crippen LogP contribution in [0.1, 0.15) is 6.42 Å². The minimum Gasteiger partial charge on any atom is -0.210 e. The molecule has 0 amide bonds. The van der Waals surface area contributed by atoms with E-state index in [9.17, 15) is 16.8 Å². The van der Waals surface area contributed by atoms with E-state index in [2.05, 4.69) is 9.44 Å². The van der Waals surface area contributed by atoms with E-state index in [1.165, 1.54) is 24.3 Å². The second-order valence-corrected chi connectivity index (χ2v) is 11.7. The molecular formula is C11H12Cl2N2O4S4. The monoisotopic (exact) mass is 434 g/mol. The molecule has 0 spiro atoms. The van der Waals surface area contributed by atoms with Gasteiger partial charge in [-0.05, 0) is 30.7 Å². The first-order chi connectivity index (χ1) is 10.7. The van der Waals surface area contributed by atoms with Crippen LogP contribution in [-0.2, 0) is 20.0 Å². The average molecular weight is 435 g/mol. The predicted octanol–water partition coefficient (Wildman–Crippen LogP) is 2.76. The van der Waals surface area contributed by atoms with Crippen LogP contribution in [0.15, 0.2) is 32.7 Å². The molecule has 0 aromatic carbocycles. The van der Waals surface area contributed by atoms with E-state index in [4.69, 9.17) is 23.2 Å². The molecule has 2 aromatic rings. The van der Waals surface area contributed by atoms with E-state index < -0.39 is 20.0 Å². The molecule has 6 nitrogen and oxygen atoms in total. The van der Waals surface area contributed by atoms with Crippen LogP contribution in [0.4, 0.5) is 0 Å². The lowest BCUT2D eigenvalue weighted by Gasteiger charge is -2.06. The topological polar surface area (TPSA) is 92.3 Å². The fourth-order valence-corrected chi connectivity index (χ4v) is 6.73. The summed E-state index contributed by atoms with van der Waals surface area (Å²) >= 11 is 13.3. The van der Waals surface area contributed by atoms with Gasteiger partial charge in [0.2, 0.25) is 20.0 Å². The van der Waals surface area contributed by atoms with Gasteiger partial charge in [-0.3, -0.25) is 0 Å². The zero-order valence-electron chi connectivity index (χ0n) is 11.5. The first-order valence-corrected chi connectivity index (χ1v) is 11.6. The third kappa shape index (κ3) is 5.40. The van der Waals surface area contributed by atoms with Crippen LogP contribution >= 0.6 is 45.9 Å². The summed E-state index contributed by atoms with van der Waals surface area (Å²) in [6.45, 7) is 0.205. The number of sulfonamides is 2. The molecule has 0 bridgehead atoms. The van der Waals surface area contributed by atoms with Gasteiger partial charge in [0, 0.05) is 13.1 Å². The normalized spacial score (nSPS) is 12.6. The largest absolute Gasteiger partial charge is 0.250 e. The van der Waals surface area contributed by atoms with Crippen molar-refractivity contribution in [3.05, 3.63) is 32.9 Å². The van der Waals surface area contributed by atoms with Crippen molar-refractivity contribution in [2.24, 2.45) is 0 Å². The van der Waals surface area contributed by atoms with Crippen molar-refractivity contribution in [1.82, 2.24) is 9.44 Å². The summed E-state index contributed by atoms with van der Waals surface area (Å²) in [4.78, 5) is 0. The molecule has 2 heterocycles. The van der Waals surface area contributed by atoms with Gasteiger partial charge in [0.05, 0.1) is 8.67 Å². The quantitative estimate of drug-likeness (QED) is 0.624. The molecule has 0 atom stereocenters. The van der Waals surface area contributed by atoms with E-state index in [-0.39, 0.29) is 21.5 Å². The molecule has 0 saturated carbocycles. The fourth-order valence-electron chi connectivity index (χ4n) is 1.53. The van der Waals surface area contributed by atoms with Crippen molar-refractivity contribution in [2.45, 2.75) is 14.8 Å². The molecule has 2 N–H and O–H groups in total. The minimum atomic E-state index is -3.61. The molecule has 2 aromatic heterocycles. The number of rotatable bonds is 8. The molecule has 12 heteroatoms. The van der Waals surface area contributed by atoms with E-state index in [0.717, 1.165) is 22.7 Å². The molecule has 0 fully saturated rings. The van der Waals surface area contributed by atoms with Crippen molar-refractivity contribution < 1.29 is 16.8 Å². The summed E-state index contributed by atoms with van der Waals surface area (Å²) in [5, 5.41) is 0. The SMILES string of the molecule is O=S(=O)(NCCCNS(=O)(=O)c1ccc(Cl)s1)c1ccc(Cl)s1. The maximum Gasteiger partial charge on any atom is 0.250 e. The first-order valence-electron chi connectivity index (χ1n) is 6.21. The Kier molecular flexibility index (Phi) is 6.48. The summed E-state index contributed by atoms with van der Waals surface area (Å²) in [7, 11) is -7.23. The molecule has 0 aliphatic carbocycles. The van der Waals surface area contributed by atoms with Crippen LogP contribution in [0.25, 0.3) is 0 Å². The number of hydrogen-bond donors (Lipinski definition) is 2. The van der Waals surface area contributed by atoms with Gasteiger partial charge in [0.15, 0.2) is 0 Å². The highest BCUT2D eigenvalue weighted by atomic mass is 35.5. The van der Waals surface area contributed by atoms with Crippen LogP contribution in [0.2, 0.25) is 8.67 Å². The van der Waals surface area contributed by atoms with Gasteiger partial charge in [0.25, 0.3) is 0 Å². The van der Waals surface area contributed by atoms with Gasteiger partial charge in [-0.25, -0.2) is 26.3 Å². The smallest absolute Gasteiger partial charge is 0.210 e. The standard InChI is InChI=1S/C11H12Cl2N2O4S4/c12-8-2-4-10(20-8)22(16,17)14-6-1-7-15-23(18,19)11-5-3-9(13)21-11/h2-5,14-15H,1,6-7H2. The van der Waals surface area contributed by atoms with Crippen molar-refractivity contribution in [1.29, 1.82) is 0 Å². The molecule has 0 saturated heterocycles. The minimum absolute atomic E-state index is 0.103. The average Bonchev–Trinajstić information content (AvgIpc) is 3.07. The van der Waals surface area contributed by atoms with Crippen LogP contribution in [0.5, 0.6) is 0 Å². The van der Waals surface area contributed by atoms with Crippen molar-refractivity contribution in [2.75, 3.05) is 13.1 Å². The maximum atomic E-state index is 11.9. The highest BCUT2D eigenvalue weighted by molar-refractivity contribution is 7.92. The Labute approximate surface area is 152 Å². The van der Waals surface area contributed by atoms with Crippen LogP contribution in [0.3, 0.4) is 0 Å². The second kappa shape index (κ2) is 7.79.